The summed E-state index contributed by atoms with van der Waals surface area (Å²) < 4.78 is 11.2. The van der Waals surface area contributed by atoms with E-state index in [0.717, 1.165) is 22.8 Å². The van der Waals surface area contributed by atoms with Gasteiger partial charge in [-0.15, -0.1) is 0 Å². The van der Waals surface area contributed by atoms with Gasteiger partial charge in [-0.2, -0.15) is 0 Å². The third-order valence-corrected chi connectivity index (χ3v) is 3.35. The Balaban J connectivity index is 2.23. The molecule has 0 unspecified atom stereocenters. The van der Waals surface area contributed by atoms with Crippen LogP contribution in [-0.2, 0) is 12.0 Å². The molecule has 1 aromatic heterocycles. The summed E-state index contributed by atoms with van der Waals surface area (Å²) in [5, 5.41) is 0.474. The Morgan fingerprint density at radius 2 is 1.90 bits per heavy atom. The van der Waals surface area contributed by atoms with Crippen molar-refractivity contribution in [2.24, 2.45) is 0 Å². The molecule has 1 heterocycles. The van der Waals surface area contributed by atoms with Gasteiger partial charge in [0, 0.05) is 5.56 Å². The molecule has 0 atom stereocenters. The molecule has 0 aliphatic heterocycles. The molecule has 3 nitrogen and oxygen atoms in total. The summed E-state index contributed by atoms with van der Waals surface area (Å²) in [5.74, 6) is 1.67. The van der Waals surface area contributed by atoms with E-state index in [1.807, 2.05) is 30.3 Å². The van der Waals surface area contributed by atoms with Gasteiger partial charge >= 0.3 is 0 Å². The van der Waals surface area contributed by atoms with Crippen molar-refractivity contribution in [3.63, 3.8) is 0 Å². The summed E-state index contributed by atoms with van der Waals surface area (Å²) in [6, 6.07) is 11.4. The molecular weight excluding hydrogens is 286 g/mol. The van der Waals surface area contributed by atoms with Crippen molar-refractivity contribution in [3.05, 3.63) is 52.8 Å². The van der Waals surface area contributed by atoms with E-state index >= 15 is 0 Å². The summed E-state index contributed by atoms with van der Waals surface area (Å²) in [4.78, 5) is 4.23. The lowest BCUT2D eigenvalue weighted by molar-refractivity contribution is 0.292. The first-order chi connectivity index (χ1) is 9.90. The first kappa shape index (κ1) is 15.6. The maximum atomic E-state index is 5.93. The number of methoxy groups -OCH3 is 1. The molecular formula is C17H20ClNO2. The molecule has 112 valence electrons. The number of benzene rings is 1. The van der Waals surface area contributed by atoms with Gasteiger partial charge in [0.25, 0.3) is 0 Å². The maximum absolute atomic E-state index is 5.93. The molecule has 0 bridgehead atoms. The number of ether oxygens (including phenoxy) is 2. The van der Waals surface area contributed by atoms with Crippen molar-refractivity contribution < 1.29 is 9.47 Å². The van der Waals surface area contributed by atoms with E-state index in [2.05, 4.69) is 25.8 Å². The van der Waals surface area contributed by atoms with Gasteiger partial charge in [0.1, 0.15) is 23.3 Å². The molecule has 0 spiro atoms. The number of hydrogen-bond donors (Lipinski definition) is 0. The minimum Gasteiger partial charge on any atom is -0.497 e. The van der Waals surface area contributed by atoms with Crippen molar-refractivity contribution in [2.45, 2.75) is 32.8 Å². The number of nitrogens with zero attached hydrogens (tertiary/aromatic N) is 1. The summed E-state index contributed by atoms with van der Waals surface area (Å²) >= 11 is 5.89. The Bertz CT molecular complexity index is 620. The molecule has 0 fully saturated rings. The standard InChI is InChI=1S/C17H20ClNO2/c1-17(2,3)14-10-13(20-4)8-9-15(14)21-11-12-6-5-7-16(18)19-12/h5-10H,11H2,1-4H3. The summed E-state index contributed by atoms with van der Waals surface area (Å²) in [7, 11) is 1.66. The molecule has 0 radical (unpaired) electrons. The van der Waals surface area contributed by atoms with Crippen molar-refractivity contribution in [1.29, 1.82) is 0 Å². The average Bonchev–Trinajstić information content (AvgIpc) is 2.44. The minimum atomic E-state index is -0.0361. The first-order valence-electron chi connectivity index (χ1n) is 6.83. The number of rotatable bonds is 4. The first-order valence-corrected chi connectivity index (χ1v) is 7.20. The van der Waals surface area contributed by atoms with Crippen molar-refractivity contribution in [3.8, 4) is 11.5 Å². The van der Waals surface area contributed by atoms with E-state index in [9.17, 15) is 0 Å². The van der Waals surface area contributed by atoms with E-state index in [-0.39, 0.29) is 5.41 Å². The Labute approximate surface area is 130 Å². The molecule has 4 heteroatoms. The molecule has 0 saturated heterocycles. The zero-order chi connectivity index (χ0) is 15.5. The highest BCUT2D eigenvalue weighted by Crippen LogP contribution is 2.34. The van der Waals surface area contributed by atoms with Gasteiger partial charge in [-0.25, -0.2) is 4.98 Å². The normalized spacial score (nSPS) is 11.3. The SMILES string of the molecule is COc1ccc(OCc2cccc(Cl)n2)c(C(C)(C)C)c1. The number of aromatic nitrogens is 1. The van der Waals surface area contributed by atoms with Crippen LogP contribution in [0.3, 0.4) is 0 Å². The van der Waals surface area contributed by atoms with Crippen molar-refractivity contribution >= 4 is 11.6 Å². The van der Waals surface area contributed by atoms with Crippen molar-refractivity contribution in [1.82, 2.24) is 4.98 Å². The van der Waals surface area contributed by atoms with Crippen LogP contribution < -0.4 is 9.47 Å². The zero-order valence-electron chi connectivity index (χ0n) is 12.8. The fourth-order valence-corrected chi connectivity index (χ4v) is 2.21. The molecule has 0 aliphatic rings. The van der Waals surface area contributed by atoms with Crippen LogP contribution >= 0.6 is 11.6 Å². The van der Waals surface area contributed by atoms with Crippen LogP contribution in [-0.4, -0.2) is 12.1 Å². The van der Waals surface area contributed by atoms with Gasteiger partial charge in [-0.1, -0.05) is 38.4 Å². The number of hydrogen-bond acceptors (Lipinski definition) is 3. The van der Waals surface area contributed by atoms with Crippen LogP contribution in [0.25, 0.3) is 0 Å². The molecule has 2 rings (SSSR count). The Morgan fingerprint density at radius 1 is 1.14 bits per heavy atom. The lowest BCUT2D eigenvalue weighted by Crippen LogP contribution is -2.14. The summed E-state index contributed by atoms with van der Waals surface area (Å²) in [5.41, 5.74) is 1.87. The smallest absolute Gasteiger partial charge is 0.130 e. The van der Waals surface area contributed by atoms with E-state index in [1.165, 1.54) is 0 Å². The van der Waals surface area contributed by atoms with Crippen LogP contribution in [0.1, 0.15) is 32.0 Å². The highest BCUT2D eigenvalue weighted by molar-refractivity contribution is 6.29. The van der Waals surface area contributed by atoms with Gasteiger partial charge in [0.2, 0.25) is 0 Å². The lowest BCUT2D eigenvalue weighted by Gasteiger charge is -2.23. The average molecular weight is 306 g/mol. The van der Waals surface area contributed by atoms with Gasteiger partial charge in [0.15, 0.2) is 0 Å². The van der Waals surface area contributed by atoms with Gasteiger partial charge in [-0.3, -0.25) is 0 Å². The quantitative estimate of drug-likeness (QED) is 0.772. The molecule has 21 heavy (non-hydrogen) atoms. The molecule has 2 aromatic rings. The molecule has 0 N–H and O–H groups in total. The van der Waals surface area contributed by atoms with E-state index in [0.29, 0.717) is 11.8 Å². The van der Waals surface area contributed by atoms with Crippen LogP contribution in [0.2, 0.25) is 5.15 Å². The molecule has 1 aromatic carbocycles. The second-order valence-electron chi connectivity index (χ2n) is 5.85. The topological polar surface area (TPSA) is 31.4 Å². The fraction of sp³-hybridized carbons (Fsp3) is 0.353. The fourth-order valence-electron chi connectivity index (χ4n) is 2.03. The second kappa shape index (κ2) is 6.35. The Kier molecular flexibility index (Phi) is 4.73. The van der Waals surface area contributed by atoms with Crippen LogP contribution in [0.15, 0.2) is 36.4 Å². The van der Waals surface area contributed by atoms with Gasteiger partial charge < -0.3 is 9.47 Å². The van der Waals surface area contributed by atoms with E-state index < -0.39 is 0 Å². The molecule has 0 amide bonds. The van der Waals surface area contributed by atoms with E-state index in [4.69, 9.17) is 21.1 Å². The third kappa shape index (κ3) is 4.11. The maximum Gasteiger partial charge on any atom is 0.130 e. The van der Waals surface area contributed by atoms with Crippen LogP contribution in [0, 0.1) is 0 Å². The second-order valence-corrected chi connectivity index (χ2v) is 6.24. The lowest BCUT2D eigenvalue weighted by atomic mass is 9.86. The summed E-state index contributed by atoms with van der Waals surface area (Å²) in [6.45, 7) is 6.82. The highest BCUT2D eigenvalue weighted by Gasteiger charge is 2.20. The third-order valence-electron chi connectivity index (χ3n) is 3.14. The zero-order valence-corrected chi connectivity index (χ0v) is 13.6. The van der Waals surface area contributed by atoms with Crippen molar-refractivity contribution in [2.75, 3.05) is 7.11 Å². The predicted octanol–water partition coefficient (Wildman–Crippen LogP) is 4.62. The largest absolute Gasteiger partial charge is 0.497 e. The number of pyridine rings is 1. The Morgan fingerprint density at radius 3 is 2.52 bits per heavy atom. The van der Waals surface area contributed by atoms with Gasteiger partial charge in [-0.05, 0) is 35.7 Å². The van der Waals surface area contributed by atoms with Gasteiger partial charge in [0.05, 0.1) is 12.8 Å². The molecule has 0 saturated carbocycles. The highest BCUT2D eigenvalue weighted by atomic mass is 35.5. The monoisotopic (exact) mass is 305 g/mol. The minimum absolute atomic E-state index is 0.0361. The van der Waals surface area contributed by atoms with Crippen LogP contribution in [0.5, 0.6) is 11.5 Å². The van der Waals surface area contributed by atoms with Crippen LogP contribution in [0.4, 0.5) is 0 Å². The summed E-state index contributed by atoms with van der Waals surface area (Å²) in [6.07, 6.45) is 0. The van der Waals surface area contributed by atoms with E-state index in [1.54, 1.807) is 13.2 Å². The number of halogens is 1. The predicted molar refractivity (Wildman–Crippen MR) is 85.3 cm³/mol. The Hall–Kier alpha value is -1.74. The molecule has 0 aliphatic carbocycles.